The molecule has 1 atom stereocenters. The first-order valence-electron chi connectivity index (χ1n) is 7.17. The van der Waals surface area contributed by atoms with Gasteiger partial charge in [-0.3, -0.25) is 0 Å². The summed E-state index contributed by atoms with van der Waals surface area (Å²) in [5.41, 5.74) is 0. The van der Waals surface area contributed by atoms with Gasteiger partial charge in [0.25, 0.3) is 0 Å². The number of rotatable bonds is 8. The maximum atomic E-state index is 6.17. The molecule has 4 heteroatoms. The Morgan fingerprint density at radius 2 is 1.85 bits per heavy atom. The van der Waals surface area contributed by atoms with Crippen molar-refractivity contribution in [1.82, 2.24) is 4.90 Å². The highest BCUT2D eigenvalue weighted by Gasteiger charge is 2.32. The summed E-state index contributed by atoms with van der Waals surface area (Å²) >= 11 is 0. The SMILES string of the molecule is COc1ccc(OC(CCN(C)C)C2CC2)cc1OC. The second-order valence-corrected chi connectivity index (χ2v) is 5.60. The maximum Gasteiger partial charge on any atom is 0.164 e. The molecule has 0 saturated heterocycles. The Bertz CT molecular complexity index is 430. The van der Waals surface area contributed by atoms with Crippen LogP contribution in [-0.2, 0) is 0 Å². The number of nitrogens with zero attached hydrogens (tertiary/aromatic N) is 1. The van der Waals surface area contributed by atoms with Crippen molar-refractivity contribution in [2.24, 2.45) is 5.92 Å². The Balaban J connectivity index is 2.02. The molecule has 1 aliphatic rings. The van der Waals surface area contributed by atoms with E-state index in [0.29, 0.717) is 17.8 Å². The summed E-state index contributed by atoms with van der Waals surface area (Å²) in [5.74, 6) is 3.02. The highest BCUT2D eigenvalue weighted by molar-refractivity contribution is 5.45. The van der Waals surface area contributed by atoms with Crippen LogP contribution in [0, 0.1) is 5.92 Å². The zero-order chi connectivity index (χ0) is 14.5. The fourth-order valence-electron chi connectivity index (χ4n) is 2.31. The minimum absolute atomic E-state index is 0.301. The van der Waals surface area contributed by atoms with Crippen molar-refractivity contribution in [3.63, 3.8) is 0 Å². The van der Waals surface area contributed by atoms with Gasteiger partial charge < -0.3 is 19.1 Å². The van der Waals surface area contributed by atoms with Crippen molar-refractivity contribution < 1.29 is 14.2 Å². The second kappa shape index (κ2) is 6.84. The number of hydrogen-bond donors (Lipinski definition) is 0. The molecule has 2 rings (SSSR count). The van der Waals surface area contributed by atoms with Gasteiger partial charge in [-0.15, -0.1) is 0 Å². The third-order valence-electron chi connectivity index (χ3n) is 3.65. The molecule has 1 aromatic carbocycles. The van der Waals surface area contributed by atoms with E-state index in [2.05, 4.69) is 19.0 Å². The van der Waals surface area contributed by atoms with Crippen molar-refractivity contribution in [3.8, 4) is 17.2 Å². The normalized spacial score (nSPS) is 16.1. The molecule has 1 aliphatic carbocycles. The van der Waals surface area contributed by atoms with Crippen LogP contribution in [0.25, 0.3) is 0 Å². The van der Waals surface area contributed by atoms with Crippen molar-refractivity contribution in [2.45, 2.75) is 25.4 Å². The topological polar surface area (TPSA) is 30.9 Å². The van der Waals surface area contributed by atoms with Gasteiger partial charge in [0.1, 0.15) is 11.9 Å². The van der Waals surface area contributed by atoms with E-state index in [1.54, 1.807) is 14.2 Å². The monoisotopic (exact) mass is 279 g/mol. The van der Waals surface area contributed by atoms with Crippen LogP contribution in [0.4, 0.5) is 0 Å². The average Bonchev–Trinajstić information content (AvgIpc) is 3.27. The van der Waals surface area contributed by atoms with E-state index in [-0.39, 0.29) is 0 Å². The van der Waals surface area contributed by atoms with Gasteiger partial charge in [-0.25, -0.2) is 0 Å². The van der Waals surface area contributed by atoms with Gasteiger partial charge in [-0.1, -0.05) is 0 Å². The lowest BCUT2D eigenvalue weighted by Gasteiger charge is -2.21. The van der Waals surface area contributed by atoms with E-state index >= 15 is 0 Å². The van der Waals surface area contributed by atoms with Crippen molar-refractivity contribution in [2.75, 3.05) is 34.9 Å². The average molecular weight is 279 g/mol. The predicted molar refractivity (Wildman–Crippen MR) is 79.9 cm³/mol. The van der Waals surface area contributed by atoms with E-state index < -0.39 is 0 Å². The molecule has 0 amide bonds. The molecule has 0 heterocycles. The fraction of sp³-hybridized carbons (Fsp3) is 0.625. The molecule has 0 N–H and O–H groups in total. The van der Waals surface area contributed by atoms with Crippen LogP contribution in [0.2, 0.25) is 0 Å². The first kappa shape index (κ1) is 15.0. The quantitative estimate of drug-likeness (QED) is 0.732. The van der Waals surface area contributed by atoms with Gasteiger partial charge in [0.2, 0.25) is 0 Å². The van der Waals surface area contributed by atoms with Crippen LogP contribution in [0.5, 0.6) is 17.2 Å². The first-order valence-corrected chi connectivity index (χ1v) is 7.17. The number of hydrogen-bond acceptors (Lipinski definition) is 4. The Kier molecular flexibility index (Phi) is 5.12. The van der Waals surface area contributed by atoms with E-state index in [1.165, 1.54) is 12.8 Å². The number of ether oxygens (including phenoxy) is 3. The zero-order valence-corrected chi connectivity index (χ0v) is 12.9. The van der Waals surface area contributed by atoms with Crippen LogP contribution in [0.15, 0.2) is 18.2 Å². The lowest BCUT2D eigenvalue weighted by molar-refractivity contribution is 0.154. The number of methoxy groups -OCH3 is 2. The Morgan fingerprint density at radius 3 is 2.40 bits per heavy atom. The summed E-state index contributed by atoms with van der Waals surface area (Å²) in [7, 11) is 7.48. The van der Waals surface area contributed by atoms with Gasteiger partial charge in [-0.05, 0) is 51.4 Å². The Labute approximate surface area is 121 Å². The van der Waals surface area contributed by atoms with Crippen LogP contribution in [0.1, 0.15) is 19.3 Å². The molecular weight excluding hydrogens is 254 g/mol. The number of benzene rings is 1. The van der Waals surface area contributed by atoms with Gasteiger partial charge in [0.05, 0.1) is 14.2 Å². The van der Waals surface area contributed by atoms with Crippen LogP contribution in [-0.4, -0.2) is 45.9 Å². The summed E-state index contributed by atoms with van der Waals surface area (Å²) in [6, 6.07) is 5.75. The molecule has 1 aromatic rings. The van der Waals surface area contributed by atoms with Crippen molar-refractivity contribution in [1.29, 1.82) is 0 Å². The third kappa shape index (κ3) is 4.04. The van der Waals surface area contributed by atoms with Crippen LogP contribution in [0.3, 0.4) is 0 Å². The lowest BCUT2D eigenvalue weighted by atomic mass is 10.1. The third-order valence-corrected chi connectivity index (χ3v) is 3.65. The largest absolute Gasteiger partial charge is 0.493 e. The van der Waals surface area contributed by atoms with E-state index in [9.17, 15) is 0 Å². The van der Waals surface area contributed by atoms with Gasteiger partial charge in [-0.2, -0.15) is 0 Å². The van der Waals surface area contributed by atoms with Crippen molar-refractivity contribution in [3.05, 3.63) is 18.2 Å². The zero-order valence-electron chi connectivity index (χ0n) is 12.9. The molecule has 1 saturated carbocycles. The summed E-state index contributed by atoms with van der Waals surface area (Å²) in [6.07, 6.45) is 3.93. The van der Waals surface area contributed by atoms with Gasteiger partial charge in [0, 0.05) is 12.6 Å². The predicted octanol–water partition coefficient (Wildman–Crippen LogP) is 2.81. The smallest absolute Gasteiger partial charge is 0.164 e. The van der Waals surface area contributed by atoms with Crippen LogP contribution >= 0.6 is 0 Å². The molecule has 0 aromatic heterocycles. The molecule has 112 valence electrons. The molecule has 0 radical (unpaired) electrons. The molecule has 1 fully saturated rings. The highest BCUT2D eigenvalue weighted by Crippen LogP contribution is 2.38. The van der Waals surface area contributed by atoms with Crippen molar-refractivity contribution >= 4 is 0 Å². The summed E-state index contributed by atoms with van der Waals surface area (Å²) in [6.45, 7) is 1.05. The minimum atomic E-state index is 0.301. The van der Waals surface area contributed by atoms with E-state index in [0.717, 1.165) is 24.5 Å². The summed E-state index contributed by atoms with van der Waals surface area (Å²) < 4.78 is 16.7. The fourth-order valence-corrected chi connectivity index (χ4v) is 2.31. The molecule has 4 nitrogen and oxygen atoms in total. The lowest BCUT2D eigenvalue weighted by Crippen LogP contribution is -2.25. The summed E-state index contributed by atoms with van der Waals surface area (Å²) in [4.78, 5) is 2.20. The minimum Gasteiger partial charge on any atom is -0.493 e. The summed E-state index contributed by atoms with van der Waals surface area (Å²) in [5, 5.41) is 0. The van der Waals surface area contributed by atoms with E-state index in [1.807, 2.05) is 18.2 Å². The van der Waals surface area contributed by atoms with Crippen LogP contribution < -0.4 is 14.2 Å². The molecule has 20 heavy (non-hydrogen) atoms. The molecular formula is C16H25NO3. The second-order valence-electron chi connectivity index (χ2n) is 5.60. The van der Waals surface area contributed by atoms with E-state index in [4.69, 9.17) is 14.2 Å². The first-order chi connectivity index (χ1) is 9.63. The van der Waals surface area contributed by atoms with Gasteiger partial charge in [0.15, 0.2) is 11.5 Å². The molecule has 0 bridgehead atoms. The standard InChI is InChI=1S/C16H25NO3/c1-17(2)10-9-14(12-5-6-12)20-13-7-8-15(18-3)16(11-13)19-4/h7-8,11-12,14H,5-6,9-10H2,1-4H3. The van der Waals surface area contributed by atoms with Gasteiger partial charge >= 0.3 is 0 Å². The highest BCUT2D eigenvalue weighted by atomic mass is 16.5. The Hall–Kier alpha value is -1.42. The Morgan fingerprint density at radius 1 is 1.15 bits per heavy atom. The molecule has 0 aliphatic heterocycles. The maximum absolute atomic E-state index is 6.17. The molecule has 0 spiro atoms. The molecule has 1 unspecified atom stereocenters.